The number of aliphatic hydroxyl groups is 1. The van der Waals surface area contributed by atoms with Crippen LogP contribution >= 0.6 is 0 Å². The van der Waals surface area contributed by atoms with Gasteiger partial charge in [-0.15, -0.1) is 0 Å². The maximum atomic E-state index is 11.7. The quantitative estimate of drug-likeness (QED) is 0.514. The Hall–Kier alpha value is -1.14. The average Bonchev–Trinajstić information content (AvgIpc) is 2.28. The van der Waals surface area contributed by atoms with Gasteiger partial charge >= 0.3 is 5.97 Å². The molecule has 6 nitrogen and oxygen atoms in total. The molecule has 1 aliphatic rings. The van der Waals surface area contributed by atoms with Crippen molar-refractivity contribution < 1.29 is 19.8 Å². The maximum Gasteiger partial charge on any atom is 0.332 e. The third kappa shape index (κ3) is 4.70. The first-order valence-corrected chi connectivity index (χ1v) is 5.92. The predicted molar refractivity (Wildman–Crippen MR) is 61.5 cm³/mol. The second-order valence-corrected chi connectivity index (χ2v) is 4.51. The number of hydrogen-bond acceptors (Lipinski definition) is 4. The van der Waals surface area contributed by atoms with Gasteiger partial charge in [0.25, 0.3) is 0 Å². The van der Waals surface area contributed by atoms with Gasteiger partial charge in [0.2, 0.25) is 5.91 Å². The number of carbonyl (C=O) groups excluding carboxylic acids is 1. The van der Waals surface area contributed by atoms with Gasteiger partial charge in [-0.2, -0.15) is 0 Å². The normalized spacial score (nSPS) is 26.2. The van der Waals surface area contributed by atoms with Gasteiger partial charge < -0.3 is 20.8 Å². The number of aliphatic hydroxyl groups excluding tert-OH is 1. The highest BCUT2D eigenvalue weighted by atomic mass is 16.4. The van der Waals surface area contributed by atoms with Crippen LogP contribution in [0.25, 0.3) is 0 Å². The minimum Gasteiger partial charge on any atom is -0.479 e. The lowest BCUT2D eigenvalue weighted by Gasteiger charge is -2.27. The second-order valence-electron chi connectivity index (χ2n) is 4.51. The van der Waals surface area contributed by atoms with Crippen LogP contribution in [-0.2, 0) is 9.59 Å². The summed E-state index contributed by atoms with van der Waals surface area (Å²) in [5.74, 6) is -1.31. The van der Waals surface area contributed by atoms with Crippen molar-refractivity contribution in [1.82, 2.24) is 10.6 Å². The monoisotopic (exact) mass is 244 g/mol. The molecule has 0 aliphatic carbocycles. The summed E-state index contributed by atoms with van der Waals surface area (Å²) in [6.45, 7) is 3.06. The maximum absolute atomic E-state index is 11.7. The van der Waals surface area contributed by atoms with Crippen LogP contribution in [0.2, 0.25) is 0 Å². The summed E-state index contributed by atoms with van der Waals surface area (Å²) in [5, 5.41) is 23.4. The van der Waals surface area contributed by atoms with Crippen molar-refractivity contribution in [3.05, 3.63) is 0 Å². The summed E-state index contributed by atoms with van der Waals surface area (Å²) in [7, 11) is 0. The van der Waals surface area contributed by atoms with E-state index in [0.717, 1.165) is 19.4 Å². The van der Waals surface area contributed by atoms with Crippen LogP contribution in [0, 0.1) is 5.92 Å². The summed E-state index contributed by atoms with van der Waals surface area (Å²) < 4.78 is 0. The molecular weight excluding hydrogens is 224 g/mol. The molecule has 3 unspecified atom stereocenters. The predicted octanol–water partition coefficient (Wildman–Crippen LogP) is -0.674. The van der Waals surface area contributed by atoms with E-state index in [1.54, 1.807) is 0 Å². The molecule has 4 N–H and O–H groups in total. The first-order valence-electron chi connectivity index (χ1n) is 5.92. The van der Waals surface area contributed by atoms with Gasteiger partial charge in [0.1, 0.15) is 0 Å². The lowest BCUT2D eigenvalue weighted by Crippen LogP contribution is -2.43. The number of hydrogen-bond donors (Lipinski definition) is 4. The number of carboxylic acid groups (broad SMARTS) is 1. The van der Waals surface area contributed by atoms with Crippen molar-refractivity contribution in [2.75, 3.05) is 13.1 Å². The van der Waals surface area contributed by atoms with Gasteiger partial charge in [0.05, 0.1) is 0 Å². The van der Waals surface area contributed by atoms with Crippen molar-refractivity contribution in [2.24, 2.45) is 5.92 Å². The van der Waals surface area contributed by atoms with Crippen molar-refractivity contribution in [1.29, 1.82) is 0 Å². The van der Waals surface area contributed by atoms with Crippen LogP contribution in [0.1, 0.15) is 26.2 Å². The van der Waals surface area contributed by atoms with Crippen LogP contribution in [0.15, 0.2) is 0 Å². The zero-order chi connectivity index (χ0) is 12.8. The van der Waals surface area contributed by atoms with Gasteiger partial charge in [-0.05, 0) is 26.3 Å². The summed E-state index contributed by atoms with van der Waals surface area (Å²) in [4.78, 5) is 22.1. The summed E-state index contributed by atoms with van der Waals surface area (Å²) in [6, 6.07) is 0.337. The molecule has 0 aromatic heterocycles. The van der Waals surface area contributed by atoms with E-state index in [-0.39, 0.29) is 24.8 Å². The van der Waals surface area contributed by atoms with Gasteiger partial charge in [0.15, 0.2) is 6.10 Å². The number of amides is 1. The standard InChI is InChI=1S/C11H20N2O4/c1-7-6-8(2-4-12-7)10(15)13-5-3-9(14)11(16)17/h7-9,12,14H,2-6H2,1H3,(H,13,15)(H,16,17). The van der Waals surface area contributed by atoms with Crippen LogP contribution < -0.4 is 10.6 Å². The molecule has 1 aliphatic heterocycles. The lowest BCUT2D eigenvalue weighted by molar-refractivity contribution is -0.147. The first kappa shape index (κ1) is 13.9. The Morgan fingerprint density at radius 3 is 2.82 bits per heavy atom. The van der Waals surface area contributed by atoms with Crippen molar-refractivity contribution in [2.45, 2.75) is 38.3 Å². The smallest absolute Gasteiger partial charge is 0.332 e. The number of carbonyl (C=O) groups is 2. The largest absolute Gasteiger partial charge is 0.479 e. The number of carboxylic acids is 1. The molecule has 1 amide bonds. The highest BCUT2D eigenvalue weighted by Crippen LogP contribution is 2.15. The Bertz CT molecular complexity index is 283. The van der Waals surface area contributed by atoms with Gasteiger partial charge in [-0.1, -0.05) is 0 Å². The van der Waals surface area contributed by atoms with Crippen LogP contribution in [-0.4, -0.2) is 47.3 Å². The number of piperidine rings is 1. The fraction of sp³-hybridized carbons (Fsp3) is 0.818. The van der Waals surface area contributed by atoms with E-state index in [1.165, 1.54) is 0 Å². The van der Waals surface area contributed by atoms with E-state index in [0.29, 0.717) is 6.04 Å². The first-order chi connectivity index (χ1) is 8.00. The lowest BCUT2D eigenvalue weighted by atomic mass is 9.92. The molecule has 3 atom stereocenters. The van der Waals surface area contributed by atoms with Gasteiger partial charge in [-0.3, -0.25) is 4.79 Å². The molecule has 98 valence electrons. The molecule has 0 aromatic carbocycles. The molecule has 0 radical (unpaired) electrons. The summed E-state index contributed by atoms with van der Waals surface area (Å²) in [6.07, 6.45) is 0.245. The molecule has 0 saturated carbocycles. The van der Waals surface area contributed by atoms with Crippen molar-refractivity contribution in [3.8, 4) is 0 Å². The number of rotatable bonds is 5. The Kier molecular flexibility index (Phi) is 5.37. The minimum atomic E-state index is -1.40. The van der Waals surface area contributed by atoms with E-state index >= 15 is 0 Å². The molecule has 0 aromatic rings. The molecule has 1 fully saturated rings. The Labute approximate surface area is 100 Å². The molecule has 0 spiro atoms. The fourth-order valence-corrected chi connectivity index (χ4v) is 1.97. The van der Waals surface area contributed by atoms with Crippen molar-refractivity contribution in [3.63, 3.8) is 0 Å². The number of nitrogens with one attached hydrogen (secondary N) is 2. The highest BCUT2D eigenvalue weighted by molar-refractivity contribution is 5.79. The topological polar surface area (TPSA) is 98.7 Å². The summed E-state index contributed by atoms with van der Waals surface area (Å²) >= 11 is 0. The van der Waals surface area contributed by atoms with Gasteiger partial charge in [0, 0.05) is 24.9 Å². The van der Waals surface area contributed by atoms with E-state index < -0.39 is 12.1 Å². The number of aliphatic carboxylic acids is 1. The van der Waals surface area contributed by atoms with Crippen LogP contribution in [0.5, 0.6) is 0 Å². The third-order valence-corrected chi connectivity index (χ3v) is 3.00. The summed E-state index contributed by atoms with van der Waals surface area (Å²) in [5.41, 5.74) is 0. The van der Waals surface area contributed by atoms with E-state index in [1.807, 2.05) is 6.92 Å². The third-order valence-electron chi connectivity index (χ3n) is 3.00. The zero-order valence-corrected chi connectivity index (χ0v) is 9.98. The van der Waals surface area contributed by atoms with E-state index in [2.05, 4.69) is 10.6 Å². The SMILES string of the molecule is CC1CC(C(=O)NCCC(O)C(=O)O)CCN1. The second kappa shape index (κ2) is 6.56. The molecule has 0 bridgehead atoms. The fourth-order valence-electron chi connectivity index (χ4n) is 1.97. The molecule has 17 heavy (non-hydrogen) atoms. The molecule has 1 heterocycles. The molecule has 1 saturated heterocycles. The van der Waals surface area contributed by atoms with Crippen LogP contribution in [0.3, 0.4) is 0 Å². The Balaban J connectivity index is 2.22. The van der Waals surface area contributed by atoms with E-state index in [9.17, 15) is 9.59 Å². The van der Waals surface area contributed by atoms with E-state index in [4.69, 9.17) is 10.2 Å². The van der Waals surface area contributed by atoms with Crippen molar-refractivity contribution >= 4 is 11.9 Å². The molecular formula is C11H20N2O4. The minimum absolute atomic E-state index is 0.00628. The van der Waals surface area contributed by atoms with Crippen LogP contribution in [0.4, 0.5) is 0 Å². The zero-order valence-electron chi connectivity index (χ0n) is 9.98. The van der Waals surface area contributed by atoms with Gasteiger partial charge in [-0.25, -0.2) is 4.79 Å². The Morgan fingerprint density at radius 2 is 2.24 bits per heavy atom. The Morgan fingerprint density at radius 1 is 1.53 bits per heavy atom. The molecule has 1 rings (SSSR count). The molecule has 6 heteroatoms. The average molecular weight is 244 g/mol. The highest BCUT2D eigenvalue weighted by Gasteiger charge is 2.24.